The van der Waals surface area contributed by atoms with Gasteiger partial charge in [0.1, 0.15) is 0 Å². The molecular weight excluding hydrogens is 280 g/mol. The smallest absolute Gasteiger partial charge is 0.307 e. The van der Waals surface area contributed by atoms with Crippen LogP contribution in [-0.2, 0) is 11.2 Å². The fourth-order valence-corrected chi connectivity index (χ4v) is 3.40. The Morgan fingerprint density at radius 3 is 2.63 bits per heavy atom. The van der Waals surface area contributed by atoms with E-state index in [1.165, 1.54) is 4.70 Å². The van der Waals surface area contributed by atoms with Gasteiger partial charge in [-0.2, -0.15) is 0 Å². The summed E-state index contributed by atoms with van der Waals surface area (Å²) in [5.74, 6) is -0.807. The van der Waals surface area contributed by atoms with E-state index in [0.29, 0.717) is 0 Å². The molecule has 2 nitrogen and oxygen atoms in total. The van der Waals surface area contributed by atoms with Crippen LogP contribution in [0.25, 0.3) is 20.2 Å². The zero-order chi connectivity index (χ0) is 12.7. The largest absolute Gasteiger partial charge is 0.481 e. The number of carboxylic acid groups (broad SMARTS) is 1. The van der Waals surface area contributed by atoms with E-state index < -0.39 is 5.97 Å². The molecule has 98 valence electrons. The van der Waals surface area contributed by atoms with Gasteiger partial charge in [-0.3, -0.25) is 4.79 Å². The van der Waals surface area contributed by atoms with E-state index in [0.717, 1.165) is 26.1 Å². The predicted octanol–water partition coefficient (Wildman–Crippen LogP) is 4.97. The number of halogens is 1. The molecule has 0 fully saturated rings. The van der Waals surface area contributed by atoms with Crippen molar-refractivity contribution in [1.82, 2.24) is 0 Å². The van der Waals surface area contributed by atoms with E-state index >= 15 is 0 Å². The normalized spacial score (nSPS) is 10.6. The first kappa shape index (κ1) is 13.8. The van der Waals surface area contributed by atoms with Crippen LogP contribution in [-0.4, -0.2) is 11.1 Å². The van der Waals surface area contributed by atoms with E-state index in [1.54, 1.807) is 11.3 Å². The molecular formula is C15H13ClO2S. The maximum atomic E-state index is 10.7. The molecule has 1 aromatic heterocycles. The number of benzene rings is 2. The lowest BCUT2D eigenvalue weighted by Gasteiger charge is -1.97. The summed E-state index contributed by atoms with van der Waals surface area (Å²) in [6, 6.07) is 11.6. The van der Waals surface area contributed by atoms with Crippen LogP contribution < -0.4 is 0 Å². The van der Waals surface area contributed by atoms with E-state index in [1.807, 2.05) is 36.4 Å². The molecule has 0 radical (unpaired) electrons. The van der Waals surface area contributed by atoms with Crippen LogP contribution >= 0.6 is 22.9 Å². The van der Waals surface area contributed by atoms with Crippen molar-refractivity contribution in [3.63, 3.8) is 0 Å². The Morgan fingerprint density at radius 1 is 1.11 bits per heavy atom. The Hall–Kier alpha value is -1.58. The van der Waals surface area contributed by atoms with Crippen LogP contribution in [0.5, 0.6) is 0 Å². The molecule has 3 aromatic rings. The summed E-state index contributed by atoms with van der Waals surface area (Å²) in [7, 11) is 0. The van der Waals surface area contributed by atoms with Crippen LogP contribution in [0.3, 0.4) is 0 Å². The first-order valence-electron chi connectivity index (χ1n) is 5.46. The number of carbonyl (C=O) groups is 1. The lowest BCUT2D eigenvalue weighted by Crippen LogP contribution is -1.99. The fourth-order valence-electron chi connectivity index (χ4n) is 2.08. The molecule has 0 unspecified atom stereocenters. The van der Waals surface area contributed by atoms with Crippen molar-refractivity contribution < 1.29 is 9.90 Å². The molecule has 0 spiro atoms. The molecule has 0 amide bonds. The van der Waals surface area contributed by atoms with Gasteiger partial charge < -0.3 is 5.11 Å². The van der Waals surface area contributed by atoms with Crippen LogP contribution in [0.1, 0.15) is 13.0 Å². The second-order valence-corrected chi connectivity index (χ2v) is 5.66. The molecule has 0 saturated heterocycles. The van der Waals surface area contributed by atoms with Crippen molar-refractivity contribution in [3.05, 3.63) is 47.0 Å². The van der Waals surface area contributed by atoms with Gasteiger partial charge in [-0.25, -0.2) is 0 Å². The summed E-state index contributed by atoms with van der Waals surface area (Å²) in [6.45, 7) is 0. The van der Waals surface area contributed by atoms with Gasteiger partial charge in [0.2, 0.25) is 0 Å². The SMILES string of the molecule is C.O=C(O)Cc1ccc2c(c1)sc1ccc(Cl)cc12. The van der Waals surface area contributed by atoms with Crippen molar-refractivity contribution in [3.8, 4) is 0 Å². The predicted molar refractivity (Wildman–Crippen MR) is 82.4 cm³/mol. The monoisotopic (exact) mass is 292 g/mol. The van der Waals surface area contributed by atoms with Crippen molar-refractivity contribution in [1.29, 1.82) is 0 Å². The van der Waals surface area contributed by atoms with Crippen molar-refractivity contribution in [2.24, 2.45) is 0 Å². The average molecular weight is 293 g/mol. The van der Waals surface area contributed by atoms with Crippen molar-refractivity contribution in [2.75, 3.05) is 0 Å². The Balaban J connectivity index is 0.00000133. The van der Waals surface area contributed by atoms with E-state index in [4.69, 9.17) is 16.7 Å². The molecule has 19 heavy (non-hydrogen) atoms. The number of aliphatic carboxylic acids is 1. The third-order valence-corrected chi connectivity index (χ3v) is 4.22. The van der Waals surface area contributed by atoms with Gasteiger partial charge in [0.05, 0.1) is 6.42 Å². The molecule has 2 aromatic carbocycles. The molecule has 0 aliphatic carbocycles. The molecule has 4 heteroatoms. The number of hydrogen-bond acceptors (Lipinski definition) is 2. The maximum Gasteiger partial charge on any atom is 0.307 e. The van der Waals surface area contributed by atoms with Crippen LogP contribution in [0, 0.1) is 0 Å². The van der Waals surface area contributed by atoms with E-state index in [2.05, 4.69) is 0 Å². The standard InChI is InChI=1S/C14H9ClO2S.CH4/c15-9-2-4-12-11(7-9)10-3-1-8(6-14(16)17)5-13(10)18-12;/h1-5,7H,6H2,(H,16,17);1H4. The number of rotatable bonds is 2. The van der Waals surface area contributed by atoms with Gasteiger partial charge in [0, 0.05) is 25.2 Å². The van der Waals surface area contributed by atoms with Gasteiger partial charge >= 0.3 is 5.97 Å². The van der Waals surface area contributed by atoms with Gasteiger partial charge in [0.25, 0.3) is 0 Å². The van der Waals surface area contributed by atoms with Gasteiger partial charge in [-0.05, 0) is 29.8 Å². The lowest BCUT2D eigenvalue weighted by atomic mass is 10.1. The molecule has 0 bridgehead atoms. The minimum absolute atomic E-state index is 0. The summed E-state index contributed by atoms with van der Waals surface area (Å²) in [5.41, 5.74) is 0.827. The highest BCUT2D eigenvalue weighted by atomic mass is 35.5. The number of fused-ring (bicyclic) bond motifs is 3. The highest BCUT2D eigenvalue weighted by molar-refractivity contribution is 7.25. The first-order chi connectivity index (χ1) is 8.63. The topological polar surface area (TPSA) is 37.3 Å². The zero-order valence-corrected chi connectivity index (χ0v) is 10.9. The van der Waals surface area contributed by atoms with Crippen molar-refractivity contribution >= 4 is 49.1 Å². The van der Waals surface area contributed by atoms with Crippen molar-refractivity contribution in [2.45, 2.75) is 13.8 Å². The van der Waals surface area contributed by atoms with E-state index in [-0.39, 0.29) is 13.8 Å². The van der Waals surface area contributed by atoms with Gasteiger partial charge in [-0.1, -0.05) is 31.2 Å². The summed E-state index contributed by atoms with van der Waals surface area (Å²) < 4.78 is 2.27. The molecule has 0 aliphatic rings. The van der Waals surface area contributed by atoms with Gasteiger partial charge in [0.15, 0.2) is 0 Å². The first-order valence-corrected chi connectivity index (χ1v) is 6.65. The summed E-state index contributed by atoms with van der Waals surface area (Å²) >= 11 is 7.66. The molecule has 3 rings (SSSR count). The maximum absolute atomic E-state index is 10.7. The third kappa shape index (κ3) is 2.57. The van der Waals surface area contributed by atoms with Crippen LogP contribution in [0.2, 0.25) is 5.02 Å². The Labute approximate surface area is 120 Å². The van der Waals surface area contributed by atoms with Crippen LogP contribution in [0.15, 0.2) is 36.4 Å². The molecule has 1 N–H and O–H groups in total. The summed E-state index contributed by atoms with van der Waals surface area (Å²) in [4.78, 5) is 10.7. The fraction of sp³-hybridized carbons (Fsp3) is 0.133. The summed E-state index contributed by atoms with van der Waals surface area (Å²) in [5, 5.41) is 11.8. The Kier molecular flexibility index (Phi) is 3.78. The lowest BCUT2D eigenvalue weighted by molar-refractivity contribution is -0.136. The molecule has 0 saturated carbocycles. The zero-order valence-electron chi connectivity index (χ0n) is 9.31. The third-order valence-electron chi connectivity index (χ3n) is 2.85. The minimum atomic E-state index is -0.807. The highest BCUT2D eigenvalue weighted by Gasteiger charge is 2.07. The quantitative estimate of drug-likeness (QED) is 0.724. The Bertz CT molecular complexity index is 761. The Morgan fingerprint density at radius 2 is 1.89 bits per heavy atom. The van der Waals surface area contributed by atoms with Gasteiger partial charge in [-0.15, -0.1) is 11.3 Å². The highest BCUT2D eigenvalue weighted by Crippen LogP contribution is 2.35. The van der Waals surface area contributed by atoms with Crippen LogP contribution in [0.4, 0.5) is 0 Å². The molecule has 1 heterocycles. The molecule has 0 atom stereocenters. The number of carboxylic acids is 1. The van der Waals surface area contributed by atoms with E-state index in [9.17, 15) is 4.79 Å². The number of hydrogen-bond donors (Lipinski definition) is 1. The molecule has 0 aliphatic heterocycles. The minimum Gasteiger partial charge on any atom is -0.481 e. The number of thiophene rings is 1. The second-order valence-electron chi connectivity index (χ2n) is 4.14. The summed E-state index contributed by atoms with van der Waals surface area (Å²) in [6.07, 6.45) is 0.0605. The second kappa shape index (κ2) is 5.19. The average Bonchev–Trinajstić information content (AvgIpc) is 2.65.